The molecule has 0 aromatic carbocycles. The van der Waals surface area contributed by atoms with Crippen LogP contribution in [-0.4, -0.2) is 16.4 Å². The SMILES string of the molecule is O=CNc1cc(=O)[nH]cn1. The number of amides is 1. The van der Waals surface area contributed by atoms with Gasteiger partial charge in [0.25, 0.3) is 5.56 Å². The molecule has 0 unspecified atom stereocenters. The van der Waals surface area contributed by atoms with Gasteiger partial charge in [-0.25, -0.2) is 4.98 Å². The maximum absolute atomic E-state index is 10.5. The topological polar surface area (TPSA) is 74.8 Å². The van der Waals surface area contributed by atoms with Crippen molar-refractivity contribution in [3.05, 3.63) is 22.7 Å². The average Bonchev–Trinajstić information content (AvgIpc) is 1.88. The summed E-state index contributed by atoms with van der Waals surface area (Å²) in [6, 6.07) is 1.19. The molecule has 0 aliphatic rings. The van der Waals surface area contributed by atoms with Crippen molar-refractivity contribution in [2.24, 2.45) is 0 Å². The van der Waals surface area contributed by atoms with Gasteiger partial charge in [-0.05, 0) is 0 Å². The Balaban J connectivity index is 2.95. The monoisotopic (exact) mass is 139 g/mol. The van der Waals surface area contributed by atoms with Crippen molar-refractivity contribution in [2.75, 3.05) is 5.32 Å². The molecule has 1 aromatic heterocycles. The number of aromatic amines is 1. The lowest BCUT2D eigenvalue weighted by Gasteiger charge is -1.91. The molecule has 5 nitrogen and oxygen atoms in total. The summed E-state index contributed by atoms with van der Waals surface area (Å²) in [6.45, 7) is 0. The van der Waals surface area contributed by atoms with Gasteiger partial charge in [0.1, 0.15) is 5.82 Å². The Labute approximate surface area is 56.1 Å². The molecule has 2 N–H and O–H groups in total. The molecule has 0 aliphatic heterocycles. The van der Waals surface area contributed by atoms with Crippen LogP contribution in [0.2, 0.25) is 0 Å². The maximum Gasteiger partial charge on any atom is 0.252 e. The number of aromatic nitrogens is 2. The molecule has 1 heterocycles. The normalized spacial score (nSPS) is 8.80. The van der Waals surface area contributed by atoms with E-state index in [1.165, 1.54) is 12.4 Å². The second-order valence-electron chi connectivity index (χ2n) is 1.56. The predicted molar refractivity (Wildman–Crippen MR) is 34.5 cm³/mol. The fourth-order valence-electron chi connectivity index (χ4n) is 0.508. The number of rotatable bonds is 2. The third kappa shape index (κ3) is 1.41. The summed E-state index contributed by atoms with van der Waals surface area (Å²) >= 11 is 0. The van der Waals surface area contributed by atoms with Gasteiger partial charge in [-0.2, -0.15) is 0 Å². The molecule has 0 saturated heterocycles. The Morgan fingerprint density at radius 2 is 2.50 bits per heavy atom. The quantitative estimate of drug-likeness (QED) is 0.534. The first kappa shape index (κ1) is 6.47. The highest BCUT2D eigenvalue weighted by Crippen LogP contribution is 1.89. The van der Waals surface area contributed by atoms with Gasteiger partial charge in [-0.15, -0.1) is 0 Å². The van der Waals surface area contributed by atoms with E-state index in [9.17, 15) is 9.59 Å². The number of nitrogens with one attached hydrogen (secondary N) is 2. The van der Waals surface area contributed by atoms with E-state index in [1.54, 1.807) is 0 Å². The Morgan fingerprint density at radius 1 is 1.70 bits per heavy atom. The second-order valence-corrected chi connectivity index (χ2v) is 1.56. The van der Waals surface area contributed by atoms with E-state index in [2.05, 4.69) is 15.3 Å². The largest absolute Gasteiger partial charge is 0.313 e. The summed E-state index contributed by atoms with van der Waals surface area (Å²) in [5, 5.41) is 2.24. The summed E-state index contributed by atoms with van der Waals surface area (Å²) in [7, 11) is 0. The van der Waals surface area contributed by atoms with Crippen LogP contribution in [0.3, 0.4) is 0 Å². The minimum atomic E-state index is -0.292. The molecule has 0 bridgehead atoms. The highest BCUT2D eigenvalue weighted by molar-refractivity contribution is 5.68. The molecule has 0 spiro atoms. The fraction of sp³-hybridized carbons (Fsp3) is 0. The van der Waals surface area contributed by atoms with Crippen molar-refractivity contribution in [1.82, 2.24) is 9.97 Å². The van der Waals surface area contributed by atoms with Gasteiger partial charge in [0.2, 0.25) is 6.41 Å². The van der Waals surface area contributed by atoms with Crippen LogP contribution in [0.15, 0.2) is 17.2 Å². The highest BCUT2D eigenvalue weighted by Gasteiger charge is 1.89. The number of nitrogens with zero attached hydrogens (tertiary/aromatic N) is 1. The summed E-state index contributed by atoms with van der Waals surface area (Å²) in [5.74, 6) is 0.249. The molecule has 1 amide bonds. The van der Waals surface area contributed by atoms with E-state index in [0.29, 0.717) is 6.41 Å². The lowest BCUT2D eigenvalue weighted by Crippen LogP contribution is -2.07. The van der Waals surface area contributed by atoms with Gasteiger partial charge in [0, 0.05) is 6.07 Å². The molecule has 0 atom stereocenters. The van der Waals surface area contributed by atoms with Gasteiger partial charge in [0.05, 0.1) is 6.33 Å². The average molecular weight is 139 g/mol. The van der Waals surface area contributed by atoms with Crippen LogP contribution in [0.5, 0.6) is 0 Å². The van der Waals surface area contributed by atoms with E-state index < -0.39 is 0 Å². The first-order chi connectivity index (χ1) is 4.83. The van der Waals surface area contributed by atoms with Gasteiger partial charge in [0.15, 0.2) is 0 Å². The molecule has 0 aliphatic carbocycles. The minimum Gasteiger partial charge on any atom is -0.313 e. The van der Waals surface area contributed by atoms with Gasteiger partial charge < -0.3 is 10.3 Å². The van der Waals surface area contributed by atoms with Crippen molar-refractivity contribution in [1.29, 1.82) is 0 Å². The van der Waals surface area contributed by atoms with Crippen molar-refractivity contribution in [2.45, 2.75) is 0 Å². The molecular formula is C5H5N3O2. The molecule has 10 heavy (non-hydrogen) atoms. The number of carbonyl (C=O) groups is 1. The fourth-order valence-corrected chi connectivity index (χ4v) is 0.508. The smallest absolute Gasteiger partial charge is 0.252 e. The maximum atomic E-state index is 10.5. The summed E-state index contributed by atoms with van der Waals surface area (Å²) in [5.41, 5.74) is -0.292. The Hall–Kier alpha value is -1.65. The second kappa shape index (κ2) is 2.77. The lowest BCUT2D eigenvalue weighted by molar-refractivity contribution is -0.105. The molecule has 52 valence electrons. The molecule has 1 aromatic rings. The number of hydrogen-bond donors (Lipinski definition) is 2. The van der Waals surface area contributed by atoms with Gasteiger partial charge in [-0.3, -0.25) is 9.59 Å². The number of carbonyl (C=O) groups excluding carboxylic acids is 1. The lowest BCUT2D eigenvalue weighted by atomic mass is 10.6. The Kier molecular flexibility index (Phi) is 1.79. The minimum absolute atomic E-state index is 0.249. The van der Waals surface area contributed by atoms with Crippen LogP contribution in [-0.2, 0) is 4.79 Å². The van der Waals surface area contributed by atoms with Crippen LogP contribution in [0.1, 0.15) is 0 Å². The number of anilines is 1. The molecule has 1 rings (SSSR count). The van der Waals surface area contributed by atoms with Crippen LogP contribution < -0.4 is 10.9 Å². The van der Waals surface area contributed by atoms with E-state index >= 15 is 0 Å². The third-order valence-corrected chi connectivity index (χ3v) is 0.885. The first-order valence-electron chi connectivity index (χ1n) is 2.58. The molecule has 0 radical (unpaired) electrons. The van der Waals surface area contributed by atoms with Crippen molar-refractivity contribution < 1.29 is 4.79 Å². The Bertz CT molecular complexity index is 280. The Morgan fingerprint density at radius 3 is 3.10 bits per heavy atom. The van der Waals surface area contributed by atoms with Crippen molar-refractivity contribution in [3.63, 3.8) is 0 Å². The van der Waals surface area contributed by atoms with E-state index in [1.807, 2.05) is 0 Å². The van der Waals surface area contributed by atoms with E-state index in [0.717, 1.165) is 0 Å². The number of H-pyrrole nitrogens is 1. The summed E-state index contributed by atoms with van der Waals surface area (Å²) in [6.07, 6.45) is 1.68. The van der Waals surface area contributed by atoms with Gasteiger partial charge >= 0.3 is 0 Å². The zero-order chi connectivity index (χ0) is 7.40. The molecule has 0 fully saturated rings. The van der Waals surface area contributed by atoms with Gasteiger partial charge in [-0.1, -0.05) is 0 Å². The standard InChI is InChI=1S/C5H5N3O2/c9-3-8-4-1-5(10)7-2-6-4/h1-3H,(H2,6,7,8,9,10). The summed E-state index contributed by atoms with van der Waals surface area (Å²) < 4.78 is 0. The molecule has 0 saturated carbocycles. The van der Waals surface area contributed by atoms with Crippen LogP contribution in [0, 0.1) is 0 Å². The molecule has 5 heteroatoms. The number of hydrogen-bond acceptors (Lipinski definition) is 3. The third-order valence-electron chi connectivity index (χ3n) is 0.885. The van der Waals surface area contributed by atoms with E-state index in [-0.39, 0.29) is 11.4 Å². The van der Waals surface area contributed by atoms with Crippen LogP contribution >= 0.6 is 0 Å². The van der Waals surface area contributed by atoms with Crippen LogP contribution in [0.25, 0.3) is 0 Å². The zero-order valence-corrected chi connectivity index (χ0v) is 5.00. The first-order valence-corrected chi connectivity index (χ1v) is 2.58. The summed E-state index contributed by atoms with van der Waals surface area (Å²) in [4.78, 5) is 26.3. The van der Waals surface area contributed by atoms with Crippen LogP contribution in [0.4, 0.5) is 5.82 Å². The highest BCUT2D eigenvalue weighted by atomic mass is 16.1. The predicted octanol–water partition coefficient (Wildman–Crippen LogP) is -0.662. The van der Waals surface area contributed by atoms with Crippen molar-refractivity contribution in [3.8, 4) is 0 Å². The zero-order valence-electron chi connectivity index (χ0n) is 5.00. The van der Waals surface area contributed by atoms with Crippen molar-refractivity contribution >= 4 is 12.2 Å². The van der Waals surface area contributed by atoms with E-state index in [4.69, 9.17) is 0 Å². The molecular weight excluding hydrogens is 134 g/mol.